The maximum atomic E-state index is 12.5. The molecule has 0 aliphatic heterocycles. The molecule has 0 aromatic carbocycles. The van der Waals surface area contributed by atoms with Gasteiger partial charge in [0, 0.05) is 6.42 Å². The Morgan fingerprint density at radius 2 is 1.96 bits per heavy atom. The van der Waals surface area contributed by atoms with Gasteiger partial charge in [-0.15, -0.1) is 10.2 Å². The summed E-state index contributed by atoms with van der Waals surface area (Å²) in [5.41, 5.74) is 0. The number of rotatable bonds is 7. The number of alkyl halides is 3. The summed E-state index contributed by atoms with van der Waals surface area (Å²) in [7, 11) is -4.06. The largest absolute Gasteiger partial charge is 0.408 e. The average molecular weight is 393 g/mol. The van der Waals surface area contributed by atoms with Crippen molar-refractivity contribution >= 4 is 9.84 Å². The van der Waals surface area contributed by atoms with Gasteiger partial charge in [0.25, 0.3) is 5.16 Å². The standard InChI is InChI=1S/C13H18F3N7O2S/c14-13(15,16)8-23-11(19-21-22-23)7-26(24,25)12-17-10(18-20-12)6-5-9-3-1-2-4-9/h9H,1-8H2,(H,17,18,20). The van der Waals surface area contributed by atoms with Crippen LogP contribution in [0.1, 0.15) is 43.8 Å². The molecule has 26 heavy (non-hydrogen) atoms. The van der Waals surface area contributed by atoms with Crippen molar-refractivity contribution < 1.29 is 21.6 Å². The predicted octanol–water partition coefficient (Wildman–Crippen LogP) is 1.45. The second kappa shape index (κ2) is 7.29. The van der Waals surface area contributed by atoms with Crippen LogP contribution in [-0.2, 0) is 28.6 Å². The zero-order valence-corrected chi connectivity index (χ0v) is 14.6. The normalized spacial score (nSPS) is 16.4. The second-order valence-electron chi connectivity index (χ2n) is 6.38. The molecule has 0 unspecified atom stereocenters. The quantitative estimate of drug-likeness (QED) is 0.756. The molecule has 0 radical (unpaired) electrons. The lowest BCUT2D eigenvalue weighted by Gasteiger charge is -2.07. The molecule has 2 aromatic heterocycles. The molecule has 0 spiro atoms. The molecular formula is C13H18F3N7O2S. The summed E-state index contributed by atoms with van der Waals surface area (Å²) in [5, 5.41) is 15.5. The summed E-state index contributed by atoms with van der Waals surface area (Å²) in [4.78, 5) is 3.97. The van der Waals surface area contributed by atoms with Crippen LogP contribution in [0, 0.1) is 5.92 Å². The molecular weight excluding hydrogens is 375 g/mol. The summed E-state index contributed by atoms with van der Waals surface area (Å²) in [5.74, 6) is -0.159. The first-order chi connectivity index (χ1) is 12.2. The van der Waals surface area contributed by atoms with Crippen LogP contribution in [0.25, 0.3) is 0 Å². The Bertz CT molecular complexity index is 840. The number of aryl methyl sites for hydroxylation is 1. The van der Waals surface area contributed by atoms with Gasteiger partial charge in [0.2, 0.25) is 9.84 Å². The van der Waals surface area contributed by atoms with Crippen molar-refractivity contribution in [1.29, 1.82) is 0 Å². The van der Waals surface area contributed by atoms with Crippen LogP contribution in [0.2, 0.25) is 0 Å². The van der Waals surface area contributed by atoms with Crippen LogP contribution in [0.4, 0.5) is 13.2 Å². The minimum Gasteiger partial charge on any atom is -0.262 e. The van der Waals surface area contributed by atoms with Crippen molar-refractivity contribution in [2.24, 2.45) is 5.92 Å². The van der Waals surface area contributed by atoms with Gasteiger partial charge < -0.3 is 0 Å². The van der Waals surface area contributed by atoms with E-state index in [4.69, 9.17) is 0 Å². The van der Waals surface area contributed by atoms with E-state index in [1.54, 1.807) is 0 Å². The highest BCUT2D eigenvalue weighted by molar-refractivity contribution is 7.90. The molecule has 0 bridgehead atoms. The Hall–Kier alpha value is -2.05. The number of sulfone groups is 1. The molecule has 2 heterocycles. The van der Waals surface area contributed by atoms with E-state index in [2.05, 4.69) is 30.7 Å². The van der Waals surface area contributed by atoms with E-state index in [9.17, 15) is 21.6 Å². The van der Waals surface area contributed by atoms with Crippen LogP contribution in [-0.4, -0.2) is 50.0 Å². The van der Waals surface area contributed by atoms with Gasteiger partial charge in [-0.2, -0.15) is 13.2 Å². The van der Waals surface area contributed by atoms with Crippen molar-refractivity contribution in [3.8, 4) is 0 Å². The summed E-state index contributed by atoms with van der Waals surface area (Å²) in [6.45, 7) is -1.47. The van der Waals surface area contributed by atoms with Gasteiger partial charge in [0.15, 0.2) is 5.82 Å². The minimum absolute atomic E-state index is 0.408. The van der Waals surface area contributed by atoms with Crippen molar-refractivity contribution in [2.45, 2.75) is 62.2 Å². The first kappa shape index (κ1) is 18.7. The number of tetrazole rings is 1. The van der Waals surface area contributed by atoms with Crippen LogP contribution in [0.3, 0.4) is 0 Å². The van der Waals surface area contributed by atoms with Crippen LogP contribution in [0.15, 0.2) is 5.16 Å². The maximum absolute atomic E-state index is 12.5. The lowest BCUT2D eigenvalue weighted by molar-refractivity contribution is -0.143. The maximum Gasteiger partial charge on any atom is 0.408 e. The Kier molecular flexibility index (Phi) is 5.25. The fourth-order valence-electron chi connectivity index (χ4n) is 3.02. The molecule has 0 atom stereocenters. The van der Waals surface area contributed by atoms with Crippen LogP contribution >= 0.6 is 0 Å². The second-order valence-corrected chi connectivity index (χ2v) is 8.26. The topological polar surface area (TPSA) is 119 Å². The third kappa shape index (κ3) is 4.77. The molecule has 13 heteroatoms. The van der Waals surface area contributed by atoms with Crippen LogP contribution in [0.5, 0.6) is 0 Å². The van der Waals surface area contributed by atoms with E-state index < -0.39 is 39.3 Å². The van der Waals surface area contributed by atoms with E-state index in [1.807, 2.05) is 0 Å². The predicted molar refractivity (Wildman–Crippen MR) is 81.4 cm³/mol. The minimum atomic E-state index is -4.56. The number of halogens is 3. The fraction of sp³-hybridized carbons (Fsp3) is 0.769. The number of H-pyrrole nitrogens is 1. The lowest BCUT2D eigenvalue weighted by Crippen LogP contribution is -2.22. The molecule has 1 N–H and O–H groups in total. The Labute approximate surface area is 147 Å². The molecule has 0 saturated heterocycles. The van der Waals surface area contributed by atoms with Gasteiger partial charge in [0.05, 0.1) is 0 Å². The van der Waals surface area contributed by atoms with Crippen LogP contribution < -0.4 is 0 Å². The zero-order chi connectivity index (χ0) is 18.8. The summed E-state index contributed by atoms with van der Waals surface area (Å²) < 4.78 is 62.5. The molecule has 9 nitrogen and oxygen atoms in total. The number of hydrogen-bond acceptors (Lipinski definition) is 7. The number of hydrogen-bond donors (Lipinski definition) is 1. The first-order valence-corrected chi connectivity index (χ1v) is 9.84. The van der Waals surface area contributed by atoms with E-state index in [0.717, 1.165) is 6.42 Å². The summed E-state index contributed by atoms with van der Waals surface area (Å²) >= 11 is 0. The highest BCUT2D eigenvalue weighted by Gasteiger charge is 2.32. The Balaban J connectivity index is 1.66. The van der Waals surface area contributed by atoms with Gasteiger partial charge in [-0.1, -0.05) is 25.7 Å². The molecule has 144 valence electrons. The molecule has 1 saturated carbocycles. The fourth-order valence-corrected chi connectivity index (χ4v) is 4.13. The van der Waals surface area contributed by atoms with E-state index in [1.165, 1.54) is 25.7 Å². The van der Waals surface area contributed by atoms with E-state index >= 15 is 0 Å². The number of aromatic amines is 1. The van der Waals surface area contributed by atoms with Gasteiger partial charge >= 0.3 is 6.18 Å². The van der Waals surface area contributed by atoms with Crippen molar-refractivity contribution in [3.63, 3.8) is 0 Å². The zero-order valence-electron chi connectivity index (χ0n) is 13.8. The van der Waals surface area contributed by atoms with Gasteiger partial charge in [-0.25, -0.2) is 18.1 Å². The van der Waals surface area contributed by atoms with Crippen molar-refractivity contribution in [3.05, 3.63) is 11.6 Å². The monoisotopic (exact) mass is 393 g/mol. The molecule has 0 amide bonds. The number of nitrogens with zero attached hydrogens (tertiary/aromatic N) is 6. The molecule has 1 fully saturated rings. The Morgan fingerprint density at radius 1 is 1.23 bits per heavy atom. The van der Waals surface area contributed by atoms with Gasteiger partial charge in [0.1, 0.15) is 18.1 Å². The molecule has 3 rings (SSSR count). The lowest BCUT2D eigenvalue weighted by atomic mass is 10.0. The van der Waals surface area contributed by atoms with E-state index in [-0.39, 0.29) is 0 Å². The number of aromatic nitrogens is 7. The third-order valence-corrected chi connectivity index (χ3v) is 5.68. The van der Waals surface area contributed by atoms with Gasteiger partial charge in [-0.3, -0.25) is 5.10 Å². The molecule has 2 aromatic rings. The highest BCUT2D eigenvalue weighted by Crippen LogP contribution is 2.28. The summed E-state index contributed by atoms with van der Waals surface area (Å²) in [6.07, 6.45) is 1.69. The first-order valence-electron chi connectivity index (χ1n) is 8.19. The summed E-state index contributed by atoms with van der Waals surface area (Å²) in [6, 6.07) is 0. The number of nitrogens with one attached hydrogen (secondary N) is 1. The van der Waals surface area contributed by atoms with Gasteiger partial charge in [-0.05, 0) is 22.8 Å². The van der Waals surface area contributed by atoms with E-state index in [0.29, 0.717) is 22.8 Å². The highest BCUT2D eigenvalue weighted by atomic mass is 32.2. The average Bonchev–Trinajstić information content (AvgIpc) is 3.25. The smallest absolute Gasteiger partial charge is 0.262 e. The molecule has 1 aliphatic rings. The Morgan fingerprint density at radius 3 is 2.65 bits per heavy atom. The molecule has 1 aliphatic carbocycles. The third-order valence-electron chi connectivity index (χ3n) is 4.31. The SMILES string of the molecule is O=S(=O)(Cc1nnnn1CC(F)(F)F)c1n[nH]c(CCC2CCCC2)n1. The van der Waals surface area contributed by atoms with Crippen molar-refractivity contribution in [1.82, 2.24) is 35.4 Å². The van der Waals surface area contributed by atoms with Crippen molar-refractivity contribution in [2.75, 3.05) is 0 Å².